The van der Waals surface area contributed by atoms with E-state index in [9.17, 15) is 15.0 Å². The monoisotopic (exact) mass is 332 g/mol. The molecule has 1 fully saturated rings. The van der Waals surface area contributed by atoms with E-state index in [-0.39, 0.29) is 28.7 Å². The maximum Gasteiger partial charge on any atom is 0.293 e. The summed E-state index contributed by atoms with van der Waals surface area (Å²) in [5.74, 6) is 0.0958. The van der Waals surface area contributed by atoms with E-state index in [1.54, 1.807) is 0 Å². The topological polar surface area (TPSA) is 66.8 Å². The lowest BCUT2D eigenvalue weighted by atomic mass is 9.54. The number of phenols is 2. The lowest BCUT2D eigenvalue weighted by molar-refractivity contribution is -0.173. The number of aromatic hydroxyl groups is 2. The van der Waals surface area contributed by atoms with Crippen LogP contribution < -0.4 is 0 Å². The molecule has 3 rings (SSSR count). The summed E-state index contributed by atoms with van der Waals surface area (Å²) in [6.45, 7) is 8.92. The molecule has 0 amide bonds. The van der Waals surface area contributed by atoms with Crippen LogP contribution in [-0.4, -0.2) is 16.7 Å². The first-order valence-electron chi connectivity index (χ1n) is 8.94. The van der Waals surface area contributed by atoms with E-state index in [4.69, 9.17) is 4.74 Å². The number of phenolic OH excluding ortho intramolecular Hbond substituents is 2. The van der Waals surface area contributed by atoms with Crippen molar-refractivity contribution in [1.29, 1.82) is 0 Å². The van der Waals surface area contributed by atoms with Crippen LogP contribution in [0.25, 0.3) is 0 Å². The van der Waals surface area contributed by atoms with Crippen LogP contribution in [0.2, 0.25) is 0 Å². The molecular weight excluding hydrogens is 304 g/mol. The number of aryl methyl sites for hydroxylation is 1. The maximum atomic E-state index is 11.3. The first kappa shape index (κ1) is 17.1. The Morgan fingerprint density at radius 2 is 1.96 bits per heavy atom. The molecule has 0 heterocycles. The maximum absolute atomic E-state index is 11.3. The Kier molecular flexibility index (Phi) is 4.05. The quantitative estimate of drug-likeness (QED) is 0.637. The molecule has 1 aromatic rings. The summed E-state index contributed by atoms with van der Waals surface area (Å²) in [7, 11) is 0. The van der Waals surface area contributed by atoms with Gasteiger partial charge in [0.25, 0.3) is 6.47 Å². The zero-order valence-corrected chi connectivity index (χ0v) is 15.1. The van der Waals surface area contributed by atoms with Gasteiger partial charge < -0.3 is 14.9 Å². The summed E-state index contributed by atoms with van der Waals surface area (Å²) < 4.78 is 5.72. The second kappa shape index (κ2) is 5.68. The largest absolute Gasteiger partial charge is 0.504 e. The molecule has 0 spiro atoms. The van der Waals surface area contributed by atoms with Gasteiger partial charge in [0.15, 0.2) is 11.5 Å². The van der Waals surface area contributed by atoms with E-state index in [0.29, 0.717) is 18.5 Å². The fourth-order valence-corrected chi connectivity index (χ4v) is 5.14. The number of carbonyl (C=O) groups is 1. The Hall–Kier alpha value is -1.71. The molecule has 2 atom stereocenters. The number of rotatable bonds is 3. The number of fused-ring (bicyclic) bond motifs is 3. The number of hydrogen-bond acceptors (Lipinski definition) is 4. The molecule has 4 heteroatoms. The first-order valence-corrected chi connectivity index (χ1v) is 8.94. The molecule has 0 aromatic heterocycles. The van der Waals surface area contributed by atoms with Gasteiger partial charge in [0.2, 0.25) is 0 Å². The number of carbonyl (C=O) groups excluding carboxylic acids is 1. The van der Waals surface area contributed by atoms with Crippen molar-refractivity contribution in [3.05, 3.63) is 22.8 Å². The van der Waals surface area contributed by atoms with Crippen molar-refractivity contribution in [3.63, 3.8) is 0 Å². The average Bonchev–Trinajstić information content (AvgIpc) is 2.49. The minimum Gasteiger partial charge on any atom is -0.504 e. The summed E-state index contributed by atoms with van der Waals surface area (Å²) in [5, 5.41) is 21.4. The number of hydrogen-bond donors (Lipinski definition) is 2. The molecule has 24 heavy (non-hydrogen) atoms. The third kappa shape index (κ3) is 2.30. The molecule has 2 aliphatic rings. The lowest BCUT2D eigenvalue weighted by Gasteiger charge is -2.54. The predicted octanol–water partition coefficient (Wildman–Crippen LogP) is 4.36. The van der Waals surface area contributed by atoms with Crippen molar-refractivity contribution in [2.45, 2.75) is 71.3 Å². The summed E-state index contributed by atoms with van der Waals surface area (Å²) in [4.78, 5) is 11.3. The molecule has 0 bridgehead atoms. The molecule has 1 saturated carbocycles. The van der Waals surface area contributed by atoms with Crippen LogP contribution in [0, 0.1) is 11.3 Å². The molecule has 0 radical (unpaired) electrons. The SMILES string of the molecule is CC(C)c1cc2c(c(O)c1O)C1(OC=O)CCCC(C)(C)C1CC2. The molecule has 132 valence electrons. The Labute approximate surface area is 143 Å². The molecule has 1 aromatic carbocycles. The van der Waals surface area contributed by atoms with Gasteiger partial charge in [-0.3, -0.25) is 4.79 Å². The summed E-state index contributed by atoms with van der Waals surface area (Å²) in [5.41, 5.74) is 1.60. The molecular formula is C20H28O4. The van der Waals surface area contributed by atoms with Gasteiger partial charge in [-0.25, -0.2) is 0 Å². The van der Waals surface area contributed by atoms with Crippen LogP contribution in [0.1, 0.15) is 76.0 Å². The van der Waals surface area contributed by atoms with Crippen molar-refractivity contribution in [3.8, 4) is 11.5 Å². The van der Waals surface area contributed by atoms with Crippen molar-refractivity contribution in [1.82, 2.24) is 0 Å². The first-order chi connectivity index (χ1) is 11.2. The van der Waals surface area contributed by atoms with Gasteiger partial charge in [-0.15, -0.1) is 0 Å². The highest BCUT2D eigenvalue weighted by atomic mass is 16.5. The van der Waals surface area contributed by atoms with Gasteiger partial charge in [0.1, 0.15) is 5.60 Å². The van der Waals surface area contributed by atoms with E-state index in [0.717, 1.165) is 36.8 Å². The van der Waals surface area contributed by atoms with E-state index >= 15 is 0 Å². The summed E-state index contributed by atoms with van der Waals surface area (Å²) in [6, 6.07) is 1.99. The van der Waals surface area contributed by atoms with E-state index in [1.807, 2.05) is 19.9 Å². The Morgan fingerprint density at radius 3 is 2.58 bits per heavy atom. The fourth-order valence-electron chi connectivity index (χ4n) is 5.14. The van der Waals surface area contributed by atoms with Gasteiger partial charge in [0, 0.05) is 17.0 Å². The normalized spacial score (nSPS) is 28.1. The Morgan fingerprint density at radius 1 is 1.25 bits per heavy atom. The third-order valence-electron chi connectivity index (χ3n) is 6.27. The van der Waals surface area contributed by atoms with Crippen LogP contribution in [0.5, 0.6) is 11.5 Å². The minimum absolute atomic E-state index is 0.0255. The van der Waals surface area contributed by atoms with Crippen molar-refractivity contribution < 1.29 is 19.7 Å². The molecule has 2 unspecified atom stereocenters. The molecule has 0 aliphatic heterocycles. The fraction of sp³-hybridized carbons (Fsp3) is 0.650. The van der Waals surface area contributed by atoms with Gasteiger partial charge in [0.05, 0.1) is 0 Å². The van der Waals surface area contributed by atoms with Crippen molar-refractivity contribution in [2.75, 3.05) is 0 Å². The lowest BCUT2D eigenvalue weighted by Crippen LogP contribution is -2.51. The summed E-state index contributed by atoms with van der Waals surface area (Å²) >= 11 is 0. The van der Waals surface area contributed by atoms with Gasteiger partial charge in [-0.05, 0) is 49.0 Å². The smallest absolute Gasteiger partial charge is 0.293 e. The highest BCUT2D eigenvalue weighted by Crippen LogP contribution is 2.60. The second-order valence-corrected chi connectivity index (χ2v) is 8.39. The highest BCUT2D eigenvalue weighted by Gasteiger charge is 2.56. The number of ether oxygens (including phenoxy) is 1. The average molecular weight is 332 g/mol. The van der Waals surface area contributed by atoms with Gasteiger partial charge >= 0.3 is 0 Å². The van der Waals surface area contributed by atoms with E-state index in [2.05, 4.69) is 13.8 Å². The van der Waals surface area contributed by atoms with E-state index < -0.39 is 5.60 Å². The van der Waals surface area contributed by atoms with Crippen LogP contribution in [0.3, 0.4) is 0 Å². The predicted molar refractivity (Wildman–Crippen MR) is 92.1 cm³/mol. The summed E-state index contributed by atoms with van der Waals surface area (Å²) in [6.07, 6.45) is 4.47. The second-order valence-electron chi connectivity index (χ2n) is 8.39. The zero-order valence-electron chi connectivity index (χ0n) is 15.1. The number of benzene rings is 1. The molecule has 4 nitrogen and oxygen atoms in total. The van der Waals surface area contributed by atoms with E-state index in [1.165, 1.54) is 0 Å². The molecule has 2 aliphatic carbocycles. The zero-order chi connectivity index (χ0) is 17.7. The molecule has 2 N–H and O–H groups in total. The standard InChI is InChI=1S/C20H28O4/c1-12(2)14-10-13-6-7-15-19(3,4)8-5-9-20(15,24-11-21)16(13)18(23)17(14)22/h10-12,15,22-23H,5-9H2,1-4H3. The van der Waals surface area contributed by atoms with Crippen LogP contribution in [0.15, 0.2) is 6.07 Å². The third-order valence-corrected chi connectivity index (χ3v) is 6.27. The highest BCUT2D eigenvalue weighted by molar-refractivity contribution is 5.59. The van der Waals surface area contributed by atoms with Gasteiger partial charge in [-0.2, -0.15) is 0 Å². The van der Waals surface area contributed by atoms with Crippen LogP contribution in [0.4, 0.5) is 0 Å². The van der Waals surface area contributed by atoms with Crippen molar-refractivity contribution in [2.24, 2.45) is 11.3 Å². The Bertz CT molecular complexity index is 662. The van der Waals surface area contributed by atoms with Crippen LogP contribution in [-0.2, 0) is 21.6 Å². The minimum atomic E-state index is -0.825. The van der Waals surface area contributed by atoms with Crippen LogP contribution >= 0.6 is 0 Å². The van der Waals surface area contributed by atoms with Gasteiger partial charge in [-0.1, -0.05) is 33.8 Å². The molecule has 0 saturated heterocycles. The Balaban J connectivity index is 2.26. The van der Waals surface area contributed by atoms with Crippen molar-refractivity contribution >= 4 is 6.47 Å².